The Kier molecular flexibility index (Phi) is 6.11. The molecule has 0 aliphatic heterocycles. The Labute approximate surface area is 136 Å². The van der Waals surface area contributed by atoms with Crippen molar-refractivity contribution in [1.29, 1.82) is 0 Å². The number of nitrogen functional groups attached to an aromatic ring is 1. The second kappa shape index (κ2) is 7.85. The van der Waals surface area contributed by atoms with Gasteiger partial charge in [0.25, 0.3) is 0 Å². The molecule has 5 nitrogen and oxygen atoms in total. The molecule has 0 saturated heterocycles. The Balaban J connectivity index is 2.21. The van der Waals surface area contributed by atoms with Crippen molar-refractivity contribution in [1.82, 2.24) is 14.9 Å². The van der Waals surface area contributed by atoms with Gasteiger partial charge in [0.1, 0.15) is 16.5 Å². The molecule has 22 heavy (non-hydrogen) atoms. The third-order valence-corrected chi connectivity index (χ3v) is 5.03. The number of nitrogens with zero attached hydrogens (tertiary/aromatic N) is 3. The molecule has 0 atom stereocenters. The van der Waals surface area contributed by atoms with Gasteiger partial charge in [-0.25, -0.2) is 9.97 Å². The number of aliphatic hydroxyl groups excluding tert-OH is 1. The van der Waals surface area contributed by atoms with E-state index in [-0.39, 0.29) is 6.61 Å². The number of fused-ring (bicyclic) bond motifs is 1. The Morgan fingerprint density at radius 2 is 1.91 bits per heavy atom. The van der Waals surface area contributed by atoms with Gasteiger partial charge in [-0.3, -0.25) is 4.90 Å². The summed E-state index contributed by atoms with van der Waals surface area (Å²) in [6.45, 7) is 9.12. The van der Waals surface area contributed by atoms with Crippen LogP contribution in [0.2, 0.25) is 0 Å². The quantitative estimate of drug-likeness (QED) is 0.781. The maximum absolute atomic E-state index is 9.05. The lowest BCUT2D eigenvalue weighted by atomic mass is 10.2. The summed E-state index contributed by atoms with van der Waals surface area (Å²) in [5.41, 5.74) is 7.33. The Bertz CT molecular complexity index is 618. The molecule has 2 aromatic rings. The lowest BCUT2D eigenvalue weighted by Crippen LogP contribution is -2.27. The molecular weight excluding hydrogens is 296 g/mol. The van der Waals surface area contributed by atoms with Gasteiger partial charge in [0.05, 0.1) is 11.9 Å². The van der Waals surface area contributed by atoms with Crippen molar-refractivity contribution >= 4 is 27.4 Å². The van der Waals surface area contributed by atoms with Crippen LogP contribution in [0.15, 0.2) is 0 Å². The number of rotatable bonds is 8. The van der Waals surface area contributed by atoms with E-state index in [1.807, 2.05) is 0 Å². The highest BCUT2D eigenvalue weighted by Crippen LogP contribution is 2.31. The van der Waals surface area contributed by atoms with Crippen LogP contribution < -0.4 is 5.73 Å². The minimum Gasteiger partial charge on any atom is -0.396 e. The average molecular weight is 322 g/mol. The second-order valence-corrected chi connectivity index (χ2v) is 6.90. The van der Waals surface area contributed by atoms with E-state index in [1.54, 1.807) is 11.3 Å². The van der Waals surface area contributed by atoms with Gasteiger partial charge in [-0.05, 0) is 38.8 Å². The van der Waals surface area contributed by atoms with Crippen molar-refractivity contribution in [2.24, 2.45) is 0 Å². The van der Waals surface area contributed by atoms with Crippen molar-refractivity contribution in [3.8, 4) is 0 Å². The van der Waals surface area contributed by atoms with E-state index in [0.29, 0.717) is 12.4 Å². The van der Waals surface area contributed by atoms with Crippen molar-refractivity contribution in [2.45, 2.75) is 46.6 Å². The number of anilines is 1. The van der Waals surface area contributed by atoms with Gasteiger partial charge in [0, 0.05) is 18.0 Å². The number of hydrogen-bond acceptors (Lipinski definition) is 6. The number of aryl methyl sites for hydroxylation is 2. The number of aromatic nitrogens is 2. The zero-order valence-corrected chi connectivity index (χ0v) is 14.5. The first-order valence-corrected chi connectivity index (χ1v) is 8.73. The molecule has 6 heteroatoms. The van der Waals surface area contributed by atoms with Gasteiger partial charge < -0.3 is 10.8 Å². The van der Waals surface area contributed by atoms with E-state index in [9.17, 15) is 0 Å². The first-order chi connectivity index (χ1) is 10.6. The van der Waals surface area contributed by atoms with E-state index in [0.717, 1.165) is 48.4 Å². The minimum absolute atomic E-state index is 0.216. The van der Waals surface area contributed by atoms with Crippen LogP contribution in [0, 0.1) is 13.8 Å². The zero-order valence-electron chi connectivity index (χ0n) is 13.7. The fourth-order valence-electron chi connectivity index (χ4n) is 2.54. The van der Waals surface area contributed by atoms with Gasteiger partial charge in [0.2, 0.25) is 0 Å². The SMILES string of the molecule is CCCCN(CCCO)Cc1nc(N)c2c(C)c(C)sc2n1. The van der Waals surface area contributed by atoms with Crippen molar-refractivity contribution in [3.63, 3.8) is 0 Å². The highest BCUT2D eigenvalue weighted by molar-refractivity contribution is 7.18. The molecule has 122 valence electrons. The summed E-state index contributed by atoms with van der Waals surface area (Å²) < 4.78 is 0. The smallest absolute Gasteiger partial charge is 0.146 e. The summed E-state index contributed by atoms with van der Waals surface area (Å²) in [5, 5.41) is 10.1. The third kappa shape index (κ3) is 3.94. The van der Waals surface area contributed by atoms with E-state index < -0.39 is 0 Å². The molecule has 0 spiro atoms. The molecule has 0 aromatic carbocycles. The fourth-order valence-corrected chi connectivity index (χ4v) is 3.60. The summed E-state index contributed by atoms with van der Waals surface area (Å²) in [6.07, 6.45) is 3.07. The van der Waals surface area contributed by atoms with Gasteiger partial charge >= 0.3 is 0 Å². The summed E-state index contributed by atoms with van der Waals surface area (Å²) in [4.78, 5) is 13.7. The van der Waals surface area contributed by atoms with Crippen molar-refractivity contribution in [2.75, 3.05) is 25.4 Å². The standard InChI is InChI=1S/C16H26N4OS/c1-4-5-7-20(8-6-9-21)10-13-18-15(17)14-11(2)12(3)22-16(14)19-13/h21H,4-10H2,1-3H3,(H2,17,18,19). The molecule has 0 fully saturated rings. The predicted octanol–water partition coefficient (Wildman–Crippen LogP) is 2.87. The summed E-state index contributed by atoms with van der Waals surface area (Å²) in [5.74, 6) is 1.36. The molecule has 2 aromatic heterocycles. The van der Waals surface area contributed by atoms with Crippen LogP contribution in [0.3, 0.4) is 0 Å². The molecule has 2 heterocycles. The first kappa shape index (κ1) is 17.1. The van der Waals surface area contributed by atoms with Crippen molar-refractivity contribution < 1.29 is 5.11 Å². The van der Waals surface area contributed by atoms with Gasteiger partial charge in [-0.1, -0.05) is 13.3 Å². The minimum atomic E-state index is 0.216. The van der Waals surface area contributed by atoms with Gasteiger partial charge in [0.15, 0.2) is 0 Å². The van der Waals surface area contributed by atoms with E-state index in [4.69, 9.17) is 15.8 Å². The fraction of sp³-hybridized carbons (Fsp3) is 0.625. The van der Waals surface area contributed by atoms with Crippen LogP contribution in [0.1, 0.15) is 42.5 Å². The number of aliphatic hydroxyl groups is 1. The highest BCUT2D eigenvalue weighted by atomic mass is 32.1. The second-order valence-electron chi connectivity index (χ2n) is 5.70. The van der Waals surface area contributed by atoms with Crippen LogP contribution in [-0.2, 0) is 6.54 Å². The number of hydrogen-bond donors (Lipinski definition) is 2. The third-order valence-electron chi connectivity index (χ3n) is 3.93. The Hall–Kier alpha value is -1.24. The molecule has 0 amide bonds. The number of thiophene rings is 1. The van der Waals surface area contributed by atoms with Crippen LogP contribution >= 0.6 is 11.3 Å². The summed E-state index contributed by atoms with van der Waals surface area (Å²) >= 11 is 1.68. The maximum Gasteiger partial charge on any atom is 0.146 e. The highest BCUT2D eigenvalue weighted by Gasteiger charge is 2.14. The van der Waals surface area contributed by atoms with E-state index in [2.05, 4.69) is 30.7 Å². The normalized spacial score (nSPS) is 11.7. The molecular formula is C16H26N4OS. The van der Waals surface area contributed by atoms with Gasteiger partial charge in [-0.2, -0.15) is 0 Å². The summed E-state index contributed by atoms with van der Waals surface area (Å²) in [6, 6.07) is 0. The largest absolute Gasteiger partial charge is 0.396 e. The monoisotopic (exact) mass is 322 g/mol. The molecule has 3 N–H and O–H groups in total. The topological polar surface area (TPSA) is 75.3 Å². The molecule has 0 radical (unpaired) electrons. The lowest BCUT2D eigenvalue weighted by molar-refractivity contribution is 0.213. The Morgan fingerprint density at radius 1 is 1.18 bits per heavy atom. The molecule has 0 aliphatic carbocycles. The van der Waals surface area contributed by atoms with Crippen LogP contribution in [0.5, 0.6) is 0 Å². The van der Waals surface area contributed by atoms with Crippen LogP contribution in [0.25, 0.3) is 10.2 Å². The Morgan fingerprint density at radius 3 is 2.59 bits per heavy atom. The maximum atomic E-state index is 9.05. The van der Waals surface area contributed by atoms with E-state index >= 15 is 0 Å². The lowest BCUT2D eigenvalue weighted by Gasteiger charge is -2.21. The molecule has 0 saturated carbocycles. The number of unbranched alkanes of at least 4 members (excludes halogenated alkanes) is 1. The number of nitrogens with two attached hydrogens (primary N) is 1. The average Bonchev–Trinajstić information content (AvgIpc) is 2.77. The van der Waals surface area contributed by atoms with Crippen molar-refractivity contribution in [3.05, 3.63) is 16.3 Å². The molecule has 0 bridgehead atoms. The van der Waals surface area contributed by atoms with Crippen LogP contribution in [0.4, 0.5) is 5.82 Å². The van der Waals surface area contributed by atoms with Gasteiger partial charge in [-0.15, -0.1) is 11.3 Å². The molecule has 0 unspecified atom stereocenters. The molecule has 0 aliphatic rings. The predicted molar refractivity (Wildman–Crippen MR) is 93.2 cm³/mol. The zero-order chi connectivity index (χ0) is 16.1. The first-order valence-electron chi connectivity index (χ1n) is 7.92. The van der Waals surface area contributed by atoms with Crippen LogP contribution in [-0.4, -0.2) is 39.7 Å². The summed E-state index contributed by atoms with van der Waals surface area (Å²) in [7, 11) is 0. The van der Waals surface area contributed by atoms with E-state index in [1.165, 1.54) is 10.4 Å². The molecule has 2 rings (SSSR count).